The molecule has 1 heterocycles. The first-order valence-corrected chi connectivity index (χ1v) is 9.61. The van der Waals surface area contributed by atoms with E-state index in [-0.39, 0.29) is 6.73 Å². The maximum Gasteiger partial charge on any atom is 0.248 e. The molecule has 6 nitrogen and oxygen atoms in total. The molecule has 1 unspecified atom stereocenters. The van der Waals surface area contributed by atoms with E-state index < -0.39 is 7.23 Å². The second-order valence-electron chi connectivity index (χ2n) is 3.87. The predicted molar refractivity (Wildman–Crippen MR) is 84.0 cm³/mol. The summed E-state index contributed by atoms with van der Waals surface area (Å²) in [7, 11) is -2.22. The molecular formula is C11H12Cl2N3O3PS. The third kappa shape index (κ3) is 5.29. The molecule has 1 atom stereocenters. The zero-order valence-corrected chi connectivity index (χ0v) is 14.0. The molecule has 0 saturated carbocycles. The van der Waals surface area contributed by atoms with Crippen molar-refractivity contribution < 1.29 is 13.6 Å². The van der Waals surface area contributed by atoms with Gasteiger partial charge in [0.15, 0.2) is 5.82 Å². The molecule has 114 valence electrons. The van der Waals surface area contributed by atoms with E-state index >= 15 is 0 Å². The maximum atomic E-state index is 11.3. The van der Waals surface area contributed by atoms with Crippen LogP contribution in [0.15, 0.2) is 22.7 Å². The Morgan fingerprint density at radius 1 is 1.43 bits per heavy atom. The average Bonchev–Trinajstić information content (AvgIpc) is 2.88. The van der Waals surface area contributed by atoms with Crippen molar-refractivity contribution in [3.05, 3.63) is 45.5 Å². The fourth-order valence-electron chi connectivity index (χ4n) is 1.49. The minimum atomic E-state index is -2.22. The summed E-state index contributed by atoms with van der Waals surface area (Å²) in [6.45, 7) is -0.0745. The summed E-state index contributed by atoms with van der Waals surface area (Å²) in [4.78, 5) is 4.20. The van der Waals surface area contributed by atoms with Gasteiger partial charge in [0.1, 0.15) is 6.73 Å². The minimum absolute atomic E-state index is 0.0745. The number of aromatic nitrogens is 2. The summed E-state index contributed by atoms with van der Waals surface area (Å²) in [5.74, 6) is 1.17. The summed E-state index contributed by atoms with van der Waals surface area (Å²) in [6.07, 6.45) is 0.429. The standard InChI is InChI=1S/C11H12Cl2N3O3PS/c12-8-2-1-7(9(13)4-8)3-10-15-11(19-16-10)5-21-20(17)18-6-14/h1-2,4,20H,3,5-6,14H2. The SMILES string of the molecule is NCO[PH](=O)SCc1nc(Cc2ccc(Cl)cc2Cl)no1. The van der Waals surface area contributed by atoms with E-state index in [1.54, 1.807) is 12.1 Å². The van der Waals surface area contributed by atoms with Gasteiger partial charge in [0.05, 0.1) is 5.75 Å². The highest BCUT2D eigenvalue weighted by atomic mass is 35.5. The van der Waals surface area contributed by atoms with E-state index in [9.17, 15) is 4.57 Å². The van der Waals surface area contributed by atoms with Crippen molar-refractivity contribution in [3.8, 4) is 0 Å². The molecule has 2 aromatic rings. The Morgan fingerprint density at radius 2 is 2.24 bits per heavy atom. The number of benzene rings is 1. The summed E-state index contributed by atoms with van der Waals surface area (Å²) < 4.78 is 21.1. The summed E-state index contributed by atoms with van der Waals surface area (Å²) in [5.41, 5.74) is 5.98. The third-order valence-corrected chi connectivity index (χ3v) is 5.50. The van der Waals surface area contributed by atoms with Gasteiger partial charge in [-0.2, -0.15) is 4.98 Å². The number of hydrogen-bond donors (Lipinski definition) is 1. The molecule has 0 saturated heterocycles. The number of nitrogens with zero attached hydrogens (tertiary/aromatic N) is 2. The van der Waals surface area contributed by atoms with Gasteiger partial charge in [-0.1, -0.05) is 45.8 Å². The molecule has 0 bridgehead atoms. The Morgan fingerprint density at radius 3 is 2.95 bits per heavy atom. The molecule has 1 aromatic carbocycles. The van der Waals surface area contributed by atoms with E-state index in [2.05, 4.69) is 10.1 Å². The summed E-state index contributed by atoms with van der Waals surface area (Å²) >= 11 is 13.0. The summed E-state index contributed by atoms with van der Waals surface area (Å²) in [5, 5.41) is 4.97. The van der Waals surface area contributed by atoms with Crippen LogP contribution >= 0.6 is 41.8 Å². The number of rotatable bonds is 7. The van der Waals surface area contributed by atoms with Crippen LogP contribution in [0.4, 0.5) is 0 Å². The third-order valence-electron chi connectivity index (χ3n) is 2.39. The lowest BCUT2D eigenvalue weighted by atomic mass is 10.1. The normalized spacial score (nSPS) is 12.5. The van der Waals surface area contributed by atoms with Gasteiger partial charge in [-0.05, 0) is 17.7 Å². The predicted octanol–water partition coefficient (Wildman–Crippen LogP) is 3.52. The smallest absolute Gasteiger partial charge is 0.248 e. The number of halogens is 2. The molecule has 0 fully saturated rings. The van der Waals surface area contributed by atoms with Crippen molar-refractivity contribution in [1.29, 1.82) is 0 Å². The first kappa shape index (κ1) is 16.8. The van der Waals surface area contributed by atoms with Crippen LogP contribution in [0.3, 0.4) is 0 Å². The van der Waals surface area contributed by atoms with Crippen LogP contribution in [0.1, 0.15) is 17.3 Å². The maximum absolute atomic E-state index is 11.3. The van der Waals surface area contributed by atoms with Crippen molar-refractivity contribution >= 4 is 41.8 Å². The quantitative estimate of drug-likeness (QED) is 0.591. The van der Waals surface area contributed by atoms with E-state index in [4.69, 9.17) is 38.0 Å². The summed E-state index contributed by atoms with van der Waals surface area (Å²) in [6, 6.07) is 5.21. The van der Waals surface area contributed by atoms with E-state index in [1.807, 2.05) is 6.07 Å². The monoisotopic (exact) mass is 367 g/mol. The van der Waals surface area contributed by atoms with Gasteiger partial charge in [0.2, 0.25) is 13.1 Å². The Bertz CT molecular complexity index is 641. The Labute approximate surface area is 135 Å². The zero-order valence-electron chi connectivity index (χ0n) is 10.7. The lowest BCUT2D eigenvalue weighted by Crippen LogP contribution is -1.97. The lowest BCUT2D eigenvalue weighted by Gasteiger charge is -2.00. The fourth-order valence-corrected chi connectivity index (χ4v) is 3.72. The Hall–Kier alpha value is -0.560. The molecule has 0 spiro atoms. The van der Waals surface area contributed by atoms with Crippen LogP contribution in [0.25, 0.3) is 0 Å². The molecule has 21 heavy (non-hydrogen) atoms. The zero-order chi connectivity index (χ0) is 15.2. The topological polar surface area (TPSA) is 91.2 Å². The molecule has 2 rings (SSSR count). The Kier molecular flexibility index (Phi) is 6.54. The molecule has 0 amide bonds. The van der Waals surface area contributed by atoms with Crippen molar-refractivity contribution in [2.24, 2.45) is 5.73 Å². The first-order valence-electron chi connectivity index (χ1n) is 5.83. The van der Waals surface area contributed by atoms with Crippen LogP contribution in [0.2, 0.25) is 10.0 Å². The van der Waals surface area contributed by atoms with Crippen LogP contribution in [0.5, 0.6) is 0 Å². The van der Waals surface area contributed by atoms with Crippen molar-refractivity contribution in [2.75, 3.05) is 6.73 Å². The van der Waals surface area contributed by atoms with Crippen molar-refractivity contribution in [1.82, 2.24) is 10.1 Å². The van der Waals surface area contributed by atoms with E-state index in [0.717, 1.165) is 16.9 Å². The molecule has 0 radical (unpaired) electrons. The van der Waals surface area contributed by atoms with Gasteiger partial charge < -0.3 is 14.8 Å². The second kappa shape index (κ2) is 8.17. The first-order chi connectivity index (χ1) is 10.1. The molecule has 0 aliphatic carbocycles. The van der Waals surface area contributed by atoms with Crippen molar-refractivity contribution in [3.63, 3.8) is 0 Å². The molecular weight excluding hydrogens is 356 g/mol. The minimum Gasteiger partial charge on any atom is -0.338 e. The van der Waals surface area contributed by atoms with Crippen LogP contribution in [-0.2, 0) is 21.3 Å². The molecule has 0 aliphatic heterocycles. The highest BCUT2D eigenvalue weighted by Gasteiger charge is 2.11. The van der Waals surface area contributed by atoms with Crippen LogP contribution in [0, 0.1) is 0 Å². The average molecular weight is 368 g/mol. The number of hydrogen-bond acceptors (Lipinski definition) is 7. The highest BCUT2D eigenvalue weighted by Crippen LogP contribution is 2.40. The van der Waals surface area contributed by atoms with Gasteiger partial charge in [0, 0.05) is 16.5 Å². The highest BCUT2D eigenvalue weighted by molar-refractivity contribution is 8.49. The molecule has 10 heteroatoms. The van der Waals surface area contributed by atoms with Crippen molar-refractivity contribution in [2.45, 2.75) is 12.2 Å². The van der Waals surface area contributed by atoms with Crippen LogP contribution in [-0.4, -0.2) is 16.9 Å². The van der Waals surface area contributed by atoms with Gasteiger partial charge in [-0.25, -0.2) is 0 Å². The van der Waals surface area contributed by atoms with E-state index in [1.165, 1.54) is 0 Å². The van der Waals surface area contributed by atoms with Gasteiger partial charge >= 0.3 is 0 Å². The van der Waals surface area contributed by atoms with Gasteiger partial charge in [-0.3, -0.25) is 4.57 Å². The second-order valence-corrected chi connectivity index (χ2v) is 7.94. The Balaban J connectivity index is 1.95. The molecule has 1 aromatic heterocycles. The van der Waals surface area contributed by atoms with Gasteiger partial charge in [0.25, 0.3) is 0 Å². The lowest BCUT2D eigenvalue weighted by molar-refractivity contribution is 0.351. The number of nitrogens with two attached hydrogens (primary N) is 1. The van der Waals surface area contributed by atoms with E-state index in [0.29, 0.717) is 33.9 Å². The fraction of sp³-hybridized carbons (Fsp3) is 0.273. The molecule has 0 aliphatic rings. The van der Waals surface area contributed by atoms with Crippen LogP contribution < -0.4 is 5.73 Å². The van der Waals surface area contributed by atoms with Gasteiger partial charge in [-0.15, -0.1) is 0 Å². The largest absolute Gasteiger partial charge is 0.338 e. The molecule has 2 N–H and O–H groups in total.